The Bertz CT molecular complexity index is 730. The van der Waals surface area contributed by atoms with E-state index in [1.54, 1.807) is 31.3 Å². The van der Waals surface area contributed by atoms with E-state index in [1.165, 1.54) is 5.56 Å². The van der Waals surface area contributed by atoms with Gasteiger partial charge in [0.15, 0.2) is 0 Å². The number of benzene rings is 2. The summed E-state index contributed by atoms with van der Waals surface area (Å²) in [5.74, 6) is 1.72. The summed E-state index contributed by atoms with van der Waals surface area (Å²) in [7, 11) is 1.68. The van der Waals surface area contributed by atoms with Gasteiger partial charge in [-0.25, -0.2) is 4.98 Å². The van der Waals surface area contributed by atoms with E-state index >= 15 is 0 Å². The van der Waals surface area contributed by atoms with E-state index in [1.807, 2.05) is 30.3 Å². The van der Waals surface area contributed by atoms with Crippen LogP contribution in [0.3, 0.4) is 0 Å². The van der Waals surface area contributed by atoms with Crippen LogP contribution in [0.2, 0.25) is 0 Å². The number of ether oxygens (including phenoxy) is 1. The summed E-state index contributed by atoms with van der Waals surface area (Å²) < 4.78 is 5.18. The number of nitrogens with zero attached hydrogens (tertiary/aromatic N) is 2. The summed E-state index contributed by atoms with van der Waals surface area (Å²) in [6.07, 6.45) is 3.47. The molecule has 0 bridgehead atoms. The van der Waals surface area contributed by atoms with Gasteiger partial charge in [-0.1, -0.05) is 54.2 Å². The lowest BCUT2D eigenvalue weighted by Crippen LogP contribution is -1.91. The molecule has 0 spiro atoms. The molecule has 2 aromatic carbocycles. The van der Waals surface area contributed by atoms with Crippen LogP contribution in [0, 0.1) is 0 Å². The fourth-order valence-electron chi connectivity index (χ4n) is 2.10. The van der Waals surface area contributed by atoms with Crippen LogP contribution in [0.25, 0.3) is 11.3 Å². The topological polar surface area (TPSA) is 35.0 Å². The van der Waals surface area contributed by atoms with Gasteiger partial charge < -0.3 is 4.74 Å². The fraction of sp³-hybridized carbons (Fsp3) is 0.111. The third-order valence-corrected chi connectivity index (χ3v) is 4.30. The largest absolute Gasteiger partial charge is 0.497 e. The van der Waals surface area contributed by atoms with E-state index < -0.39 is 0 Å². The normalized spacial score (nSPS) is 10.4. The van der Waals surface area contributed by atoms with Crippen LogP contribution in [0.1, 0.15) is 5.56 Å². The highest BCUT2D eigenvalue weighted by Crippen LogP contribution is 2.29. The second-order valence-electron chi connectivity index (χ2n) is 4.71. The molecule has 0 radical (unpaired) electrons. The van der Waals surface area contributed by atoms with Gasteiger partial charge in [0, 0.05) is 23.7 Å². The van der Waals surface area contributed by atoms with Crippen LogP contribution in [-0.4, -0.2) is 17.1 Å². The van der Waals surface area contributed by atoms with Crippen molar-refractivity contribution < 1.29 is 4.74 Å². The second kappa shape index (κ2) is 7.09. The van der Waals surface area contributed by atoms with Crippen molar-refractivity contribution in [3.63, 3.8) is 0 Å². The van der Waals surface area contributed by atoms with Crippen LogP contribution in [0.5, 0.6) is 5.75 Å². The Labute approximate surface area is 134 Å². The maximum absolute atomic E-state index is 5.18. The van der Waals surface area contributed by atoms with E-state index in [9.17, 15) is 0 Å². The molecule has 22 heavy (non-hydrogen) atoms. The minimum Gasteiger partial charge on any atom is -0.497 e. The molecule has 4 heteroatoms. The molecule has 0 fully saturated rings. The van der Waals surface area contributed by atoms with Gasteiger partial charge in [-0.2, -0.15) is 0 Å². The molecule has 0 aliphatic rings. The zero-order valence-corrected chi connectivity index (χ0v) is 13.1. The Hall–Kier alpha value is -2.33. The summed E-state index contributed by atoms with van der Waals surface area (Å²) in [4.78, 5) is 8.96. The van der Waals surface area contributed by atoms with Crippen molar-refractivity contribution in [1.82, 2.24) is 9.97 Å². The molecule has 0 saturated heterocycles. The number of methoxy groups -OCH3 is 1. The van der Waals surface area contributed by atoms with Gasteiger partial charge in [-0.05, 0) is 17.7 Å². The van der Waals surface area contributed by atoms with E-state index in [4.69, 9.17) is 4.74 Å². The molecule has 0 atom stereocenters. The molecule has 0 N–H and O–H groups in total. The van der Waals surface area contributed by atoms with E-state index in [0.29, 0.717) is 0 Å². The van der Waals surface area contributed by atoms with Crippen LogP contribution in [0.15, 0.2) is 72.0 Å². The van der Waals surface area contributed by atoms with E-state index in [-0.39, 0.29) is 0 Å². The molecule has 3 nitrogen and oxygen atoms in total. The van der Waals surface area contributed by atoms with Gasteiger partial charge in [-0.15, -0.1) is 0 Å². The van der Waals surface area contributed by atoms with Crippen molar-refractivity contribution in [2.45, 2.75) is 10.8 Å². The minimum absolute atomic E-state index is 0.850. The second-order valence-corrected chi connectivity index (χ2v) is 5.68. The standard InChI is InChI=1S/C18H16N2OS/c1-21-16-9-7-14(8-10-16)13-22-18-17(19-11-12-20-18)15-5-3-2-4-6-15/h2-12H,13H2,1H3. The summed E-state index contributed by atoms with van der Waals surface area (Å²) in [5.41, 5.74) is 3.25. The van der Waals surface area contributed by atoms with E-state index in [2.05, 4.69) is 34.2 Å². The molecule has 0 unspecified atom stereocenters. The zero-order chi connectivity index (χ0) is 15.2. The Kier molecular flexibility index (Phi) is 4.71. The first-order valence-corrected chi connectivity index (χ1v) is 7.97. The molecule has 3 aromatic rings. The fourth-order valence-corrected chi connectivity index (χ4v) is 3.04. The zero-order valence-electron chi connectivity index (χ0n) is 12.3. The first-order valence-electron chi connectivity index (χ1n) is 6.99. The summed E-state index contributed by atoms with van der Waals surface area (Å²) in [5, 5.41) is 0.949. The van der Waals surface area contributed by atoms with E-state index in [0.717, 1.165) is 27.8 Å². The lowest BCUT2D eigenvalue weighted by molar-refractivity contribution is 0.414. The number of hydrogen-bond donors (Lipinski definition) is 0. The lowest BCUT2D eigenvalue weighted by Gasteiger charge is -2.07. The molecular formula is C18H16N2OS. The predicted octanol–water partition coefficient (Wildman–Crippen LogP) is 4.44. The Morgan fingerprint density at radius 2 is 1.64 bits per heavy atom. The van der Waals surface area contributed by atoms with Crippen LogP contribution >= 0.6 is 11.8 Å². The summed E-state index contributed by atoms with van der Waals surface area (Å²) >= 11 is 1.69. The molecule has 0 saturated carbocycles. The van der Waals surface area contributed by atoms with Gasteiger partial charge in [-0.3, -0.25) is 4.98 Å². The van der Waals surface area contributed by atoms with Crippen molar-refractivity contribution >= 4 is 11.8 Å². The van der Waals surface area contributed by atoms with Crippen LogP contribution < -0.4 is 4.74 Å². The van der Waals surface area contributed by atoms with Gasteiger partial charge in [0.25, 0.3) is 0 Å². The van der Waals surface area contributed by atoms with Gasteiger partial charge in [0.05, 0.1) is 7.11 Å². The molecule has 110 valence electrons. The summed E-state index contributed by atoms with van der Waals surface area (Å²) in [6.45, 7) is 0. The van der Waals surface area contributed by atoms with Crippen LogP contribution in [0.4, 0.5) is 0 Å². The van der Waals surface area contributed by atoms with Crippen molar-refractivity contribution in [3.8, 4) is 17.0 Å². The highest BCUT2D eigenvalue weighted by atomic mass is 32.2. The molecule has 0 aliphatic heterocycles. The monoisotopic (exact) mass is 308 g/mol. The highest BCUT2D eigenvalue weighted by Gasteiger charge is 2.08. The third kappa shape index (κ3) is 3.46. The third-order valence-electron chi connectivity index (χ3n) is 3.25. The molecule has 0 aliphatic carbocycles. The van der Waals surface area contributed by atoms with Gasteiger partial charge in [0.1, 0.15) is 16.5 Å². The number of hydrogen-bond acceptors (Lipinski definition) is 4. The average molecular weight is 308 g/mol. The summed E-state index contributed by atoms with van der Waals surface area (Å²) in [6, 6.07) is 18.3. The number of aromatic nitrogens is 2. The average Bonchev–Trinajstić information content (AvgIpc) is 2.61. The molecule has 1 aromatic heterocycles. The maximum Gasteiger partial charge on any atom is 0.123 e. The van der Waals surface area contributed by atoms with Gasteiger partial charge >= 0.3 is 0 Å². The predicted molar refractivity (Wildman–Crippen MR) is 90.0 cm³/mol. The molecular weight excluding hydrogens is 292 g/mol. The lowest BCUT2D eigenvalue weighted by atomic mass is 10.2. The minimum atomic E-state index is 0.850. The Morgan fingerprint density at radius 1 is 0.909 bits per heavy atom. The molecule has 0 amide bonds. The van der Waals surface area contributed by atoms with Crippen molar-refractivity contribution in [2.75, 3.05) is 7.11 Å². The molecule has 3 rings (SSSR count). The first kappa shape index (κ1) is 14.6. The SMILES string of the molecule is COc1ccc(CSc2nccnc2-c2ccccc2)cc1. The molecule has 1 heterocycles. The smallest absolute Gasteiger partial charge is 0.123 e. The Morgan fingerprint density at radius 3 is 2.36 bits per heavy atom. The van der Waals surface area contributed by atoms with Crippen LogP contribution in [-0.2, 0) is 5.75 Å². The maximum atomic E-state index is 5.18. The highest BCUT2D eigenvalue weighted by molar-refractivity contribution is 7.98. The van der Waals surface area contributed by atoms with Crippen molar-refractivity contribution in [3.05, 3.63) is 72.6 Å². The van der Waals surface area contributed by atoms with Crippen molar-refractivity contribution in [2.24, 2.45) is 0 Å². The first-order chi connectivity index (χ1) is 10.9. The number of thioether (sulfide) groups is 1. The number of rotatable bonds is 5. The Balaban J connectivity index is 1.78. The quantitative estimate of drug-likeness (QED) is 0.653. The van der Waals surface area contributed by atoms with Crippen molar-refractivity contribution in [1.29, 1.82) is 0 Å². The van der Waals surface area contributed by atoms with Gasteiger partial charge in [0.2, 0.25) is 0 Å².